The van der Waals surface area contributed by atoms with Gasteiger partial charge in [-0.2, -0.15) is 0 Å². The van der Waals surface area contributed by atoms with Gasteiger partial charge in [0.25, 0.3) is 0 Å². The van der Waals surface area contributed by atoms with Gasteiger partial charge in [0.05, 0.1) is 5.75 Å². The van der Waals surface area contributed by atoms with E-state index in [0.717, 1.165) is 22.6 Å². The molecule has 0 bridgehead atoms. The van der Waals surface area contributed by atoms with Crippen molar-refractivity contribution in [3.8, 4) is 17.1 Å². The van der Waals surface area contributed by atoms with E-state index >= 15 is 0 Å². The van der Waals surface area contributed by atoms with Gasteiger partial charge in [-0.1, -0.05) is 92.2 Å². The average Bonchev–Trinajstić information content (AvgIpc) is 3.25. The highest BCUT2D eigenvalue weighted by Gasteiger charge is 2.19. The fraction of sp³-hybridized carbons (Fsp3) is 0.250. The fourth-order valence-corrected chi connectivity index (χ4v) is 4.58. The second kappa shape index (κ2) is 10.3. The van der Waals surface area contributed by atoms with Crippen molar-refractivity contribution >= 4 is 35.0 Å². The Bertz CT molecular complexity index is 1340. The number of amides is 1. The summed E-state index contributed by atoms with van der Waals surface area (Å²) in [4.78, 5) is 12.7. The maximum atomic E-state index is 12.7. The van der Waals surface area contributed by atoms with E-state index < -0.39 is 0 Å². The summed E-state index contributed by atoms with van der Waals surface area (Å²) in [5.74, 6) is 0.802. The SMILES string of the molecule is Cc1ccc(-n2c(SCC(=O)Nc3cccc(Cl)c3C)nnc2-c2ccc(C(C)(C)C)cc2)cc1. The number of rotatable bonds is 6. The number of carbonyl (C=O) groups excluding carboxylic acids is 1. The molecule has 5 nitrogen and oxygen atoms in total. The van der Waals surface area contributed by atoms with Crippen LogP contribution in [0.5, 0.6) is 0 Å². The zero-order chi connectivity index (χ0) is 25.2. The maximum Gasteiger partial charge on any atom is 0.234 e. The molecule has 0 saturated carbocycles. The minimum atomic E-state index is -0.130. The number of carbonyl (C=O) groups is 1. The van der Waals surface area contributed by atoms with E-state index in [9.17, 15) is 4.79 Å². The first-order valence-corrected chi connectivity index (χ1v) is 12.8. The minimum absolute atomic E-state index is 0.0683. The van der Waals surface area contributed by atoms with E-state index in [-0.39, 0.29) is 17.1 Å². The van der Waals surface area contributed by atoms with Crippen molar-refractivity contribution in [1.82, 2.24) is 14.8 Å². The second-order valence-corrected chi connectivity index (χ2v) is 10.9. The molecule has 0 radical (unpaired) electrons. The summed E-state index contributed by atoms with van der Waals surface area (Å²) < 4.78 is 2.01. The number of benzene rings is 3. The Morgan fingerprint density at radius 3 is 2.31 bits per heavy atom. The highest BCUT2D eigenvalue weighted by atomic mass is 35.5. The van der Waals surface area contributed by atoms with E-state index in [1.807, 2.05) is 35.8 Å². The smallest absolute Gasteiger partial charge is 0.234 e. The summed E-state index contributed by atoms with van der Waals surface area (Å²) in [5.41, 5.74) is 5.97. The third kappa shape index (κ3) is 5.77. The molecule has 0 saturated heterocycles. The monoisotopic (exact) mass is 504 g/mol. The third-order valence-corrected chi connectivity index (χ3v) is 7.15. The number of hydrogen-bond donors (Lipinski definition) is 1. The van der Waals surface area contributed by atoms with Gasteiger partial charge in [-0.25, -0.2) is 0 Å². The van der Waals surface area contributed by atoms with Crippen LogP contribution in [0.1, 0.15) is 37.5 Å². The van der Waals surface area contributed by atoms with Gasteiger partial charge in [0.15, 0.2) is 11.0 Å². The first-order chi connectivity index (χ1) is 16.6. The summed E-state index contributed by atoms with van der Waals surface area (Å²) in [6.07, 6.45) is 0. The molecule has 0 aliphatic carbocycles. The summed E-state index contributed by atoms with van der Waals surface area (Å²) in [7, 11) is 0. The lowest BCUT2D eigenvalue weighted by Gasteiger charge is -2.19. The van der Waals surface area contributed by atoms with Crippen LogP contribution in [-0.4, -0.2) is 26.4 Å². The Morgan fingerprint density at radius 1 is 0.971 bits per heavy atom. The van der Waals surface area contributed by atoms with Crippen LogP contribution >= 0.6 is 23.4 Å². The van der Waals surface area contributed by atoms with E-state index in [1.165, 1.54) is 22.9 Å². The van der Waals surface area contributed by atoms with E-state index in [1.54, 1.807) is 6.07 Å². The fourth-order valence-electron chi connectivity index (χ4n) is 3.66. The molecule has 1 heterocycles. The van der Waals surface area contributed by atoms with Crippen LogP contribution in [0.4, 0.5) is 5.69 Å². The molecular weight excluding hydrogens is 476 g/mol. The number of hydrogen-bond acceptors (Lipinski definition) is 4. The van der Waals surface area contributed by atoms with Gasteiger partial charge < -0.3 is 5.32 Å². The molecule has 4 aromatic rings. The van der Waals surface area contributed by atoms with Crippen LogP contribution in [0.25, 0.3) is 17.1 Å². The number of aromatic nitrogens is 3. The lowest BCUT2D eigenvalue weighted by molar-refractivity contribution is -0.113. The zero-order valence-corrected chi connectivity index (χ0v) is 22.2. The molecule has 180 valence electrons. The van der Waals surface area contributed by atoms with Crippen LogP contribution in [0, 0.1) is 13.8 Å². The zero-order valence-electron chi connectivity index (χ0n) is 20.6. The molecule has 0 spiro atoms. The molecule has 3 aromatic carbocycles. The molecule has 4 rings (SSSR count). The first-order valence-electron chi connectivity index (χ1n) is 11.4. The lowest BCUT2D eigenvalue weighted by Crippen LogP contribution is -2.15. The van der Waals surface area contributed by atoms with Gasteiger partial charge in [-0.3, -0.25) is 9.36 Å². The second-order valence-electron chi connectivity index (χ2n) is 9.55. The molecule has 0 fully saturated rings. The molecule has 0 unspecified atom stereocenters. The number of nitrogens with one attached hydrogen (secondary N) is 1. The Hall–Kier alpha value is -3.09. The quantitative estimate of drug-likeness (QED) is 0.281. The van der Waals surface area contributed by atoms with Crippen molar-refractivity contribution in [2.45, 2.75) is 45.2 Å². The van der Waals surface area contributed by atoms with Crippen molar-refractivity contribution in [2.75, 3.05) is 11.1 Å². The van der Waals surface area contributed by atoms with Gasteiger partial charge in [-0.15, -0.1) is 10.2 Å². The summed E-state index contributed by atoms with van der Waals surface area (Å²) in [5, 5.41) is 13.2. The number of anilines is 1. The van der Waals surface area contributed by atoms with Crippen LogP contribution in [0.15, 0.2) is 71.9 Å². The van der Waals surface area contributed by atoms with Crippen molar-refractivity contribution < 1.29 is 4.79 Å². The van der Waals surface area contributed by atoms with E-state index in [4.69, 9.17) is 11.6 Å². The highest BCUT2D eigenvalue weighted by Crippen LogP contribution is 2.31. The van der Waals surface area contributed by atoms with Gasteiger partial charge in [-0.05, 0) is 54.7 Å². The highest BCUT2D eigenvalue weighted by molar-refractivity contribution is 7.99. The van der Waals surface area contributed by atoms with Crippen LogP contribution in [0.2, 0.25) is 5.02 Å². The van der Waals surface area contributed by atoms with Gasteiger partial charge in [0, 0.05) is 22.0 Å². The van der Waals surface area contributed by atoms with Gasteiger partial charge >= 0.3 is 0 Å². The molecular formula is C28H29ClN4OS. The third-order valence-electron chi connectivity index (χ3n) is 5.81. The lowest BCUT2D eigenvalue weighted by atomic mass is 9.87. The minimum Gasteiger partial charge on any atom is -0.325 e. The summed E-state index contributed by atoms with van der Waals surface area (Å²) in [6, 6.07) is 22.1. The topological polar surface area (TPSA) is 59.8 Å². The standard InChI is InChI=1S/C28H29ClN4OS/c1-18-9-15-22(16-10-18)33-26(20-11-13-21(14-12-20)28(3,4)5)31-32-27(33)35-17-25(34)30-24-8-6-7-23(29)19(24)2/h6-16H,17H2,1-5H3,(H,30,34). The van der Waals surface area contributed by atoms with E-state index in [0.29, 0.717) is 15.9 Å². The number of halogens is 1. The molecule has 1 aromatic heterocycles. The van der Waals surface area contributed by atoms with Crippen LogP contribution in [-0.2, 0) is 10.2 Å². The summed E-state index contributed by atoms with van der Waals surface area (Å²) >= 11 is 7.54. The summed E-state index contributed by atoms with van der Waals surface area (Å²) in [6.45, 7) is 10.5. The predicted molar refractivity (Wildman–Crippen MR) is 146 cm³/mol. The number of aryl methyl sites for hydroxylation is 1. The van der Waals surface area contributed by atoms with Crippen LogP contribution < -0.4 is 5.32 Å². The largest absolute Gasteiger partial charge is 0.325 e. The van der Waals surface area contributed by atoms with Gasteiger partial charge in [0.1, 0.15) is 0 Å². The van der Waals surface area contributed by atoms with Crippen molar-refractivity contribution in [1.29, 1.82) is 0 Å². The molecule has 0 atom stereocenters. The Balaban J connectivity index is 1.62. The van der Waals surface area contributed by atoms with Crippen molar-refractivity contribution in [2.24, 2.45) is 0 Å². The van der Waals surface area contributed by atoms with Crippen molar-refractivity contribution in [3.63, 3.8) is 0 Å². The maximum absolute atomic E-state index is 12.7. The molecule has 7 heteroatoms. The number of nitrogens with zero attached hydrogens (tertiary/aromatic N) is 3. The van der Waals surface area contributed by atoms with Gasteiger partial charge in [0.2, 0.25) is 5.91 Å². The molecule has 0 aliphatic heterocycles. The number of thioether (sulfide) groups is 1. The average molecular weight is 505 g/mol. The Morgan fingerprint density at radius 2 is 1.66 bits per heavy atom. The van der Waals surface area contributed by atoms with E-state index in [2.05, 4.69) is 79.6 Å². The first kappa shape index (κ1) is 25.0. The molecule has 1 amide bonds. The molecule has 1 N–H and O–H groups in total. The normalized spacial score (nSPS) is 11.5. The van der Waals surface area contributed by atoms with Crippen LogP contribution in [0.3, 0.4) is 0 Å². The Labute approximate surface area is 215 Å². The van der Waals surface area contributed by atoms with Crippen molar-refractivity contribution in [3.05, 3.63) is 88.4 Å². The predicted octanol–water partition coefficient (Wildman–Crippen LogP) is 7.23. The molecule has 0 aliphatic rings. The Kier molecular flexibility index (Phi) is 7.33. The molecule has 35 heavy (non-hydrogen) atoms.